The standard InChI is InChI=1S/C6H10O2/c1-2-6(8)4-3-5-7/h2,5,8H,3-4H2,1H3/b6-2-. The second-order valence-corrected chi connectivity index (χ2v) is 1.49. The maximum Gasteiger partial charge on any atom is 0.120 e. The van der Waals surface area contributed by atoms with Crippen molar-refractivity contribution in [3.05, 3.63) is 11.8 Å². The van der Waals surface area contributed by atoms with Crippen molar-refractivity contribution in [2.75, 3.05) is 0 Å². The van der Waals surface area contributed by atoms with E-state index in [1.165, 1.54) is 0 Å². The van der Waals surface area contributed by atoms with E-state index in [9.17, 15) is 4.79 Å². The van der Waals surface area contributed by atoms with Gasteiger partial charge in [-0.1, -0.05) is 0 Å². The summed E-state index contributed by atoms with van der Waals surface area (Å²) in [5.74, 6) is 0.289. The number of hydrogen-bond acceptors (Lipinski definition) is 2. The summed E-state index contributed by atoms with van der Waals surface area (Å²) in [4.78, 5) is 9.69. The summed E-state index contributed by atoms with van der Waals surface area (Å²) in [5, 5.41) is 8.69. The van der Waals surface area contributed by atoms with Crippen LogP contribution in [0.5, 0.6) is 0 Å². The number of allylic oxidation sites excluding steroid dienone is 2. The molecule has 0 aliphatic rings. The Kier molecular flexibility index (Phi) is 3.94. The molecule has 8 heavy (non-hydrogen) atoms. The smallest absolute Gasteiger partial charge is 0.120 e. The maximum absolute atomic E-state index is 9.69. The molecule has 0 amide bonds. The van der Waals surface area contributed by atoms with Crippen molar-refractivity contribution in [3.63, 3.8) is 0 Å². The largest absolute Gasteiger partial charge is 0.513 e. The number of aliphatic hydroxyl groups is 1. The Balaban J connectivity index is 3.24. The molecule has 0 aromatic carbocycles. The topological polar surface area (TPSA) is 37.3 Å². The second-order valence-electron chi connectivity index (χ2n) is 1.49. The molecule has 0 heterocycles. The lowest BCUT2D eigenvalue weighted by Crippen LogP contribution is -1.80. The monoisotopic (exact) mass is 114 g/mol. The second kappa shape index (κ2) is 4.37. The van der Waals surface area contributed by atoms with Gasteiger partial charge < -0.3 is 9.90 Å². The molecule has 0 aromatic rings. The Morgan fingerprint density at radius 1 is 1.75 bits per heavy atom. The molecule has 0 fully saturated rings. The average Bonchev–Trinajstić information content (AvgIpc) is 1.83. The van der Waals surface area contributed by atoms with Crippen molar-refractivity contribution in [2.24, 2.45) is 0 Å². The zero-order chi connectivity index (χ0) is 6.41. The van der Waals surface area contributed by atoms with Crippen LogP contribution in [0.25, 0.3) is 0 Å². The molecule has 0 rings (SSSR count). The van der Waals surface area contributed by atoms with Gasteiger partial charge in [-0.3, -0.25) is 0 Å². The summed E-state index contributed by atoms with van der Waals surface area (Å²) in [7, 11) is 0. The van der Waals surface area contributed by atoms with E-state index in [0.717, 1.165) is 6.29 Å². The third kappa shape index (κ3) is 3.40. The molecule has 0 unspecified atom stereocenters. The van der Waals surface area contributed by atoms with Gasteiger partial charge in [0, 0.05) is 12.8 Å². The van der Waals surface area contributed by atoms with E-state index in [4.69, 9.17) is 5.11 Å². The normalized spacial score (nSPS) is 11.4. The van der Waals surface area contributed by atoms with Crippen molar-refractivity contribution < 1.29 is 9.90 Å². The van der Waals surface area contributed by atoms with E-state index >= 15 is 0 Å². The first-order valence-corrected chi connectivity index (χ1v) is 2.59. The van der Waals surface area contributed by atoms with Gasteiger partial charge in [0.1, 0.15) is 6.29 Å². The molecule has 0 radical (unpaired) electrons. The molecule has 0 aromatic heterocycles. The van der Waals surface area contributed by atoms with Gasteiger partial charge in [0.05, 0.1) is 5.76 Å². The van der Waals surface area contributed by atoms with Gasteiger partial charge in [-0.05, 0) is 13.0 Å². The third-order valence-electron chi connectivity index (χ3n) is 0.852. The van der Waals surface area contributed by atoms with Gasteiger partial charge in [0.2, 0.25) is 0 Å². The first kappa shape index (κ1) is 7.21. The van der Waals surface area contributed by atoms with Crippen LogP contribution in [0.4, 0.5) is 0 Å². The fourth-order valence-corrected chi connectivity index (χ4v) is 0.351. The van der Waals surface area contributed by atoms with E-state index in [1.807, 2.05) is 0 Å². The Hall–Kier alpha value is -0.790. The van der Waals surface area contributed by atoms with Gasteiger partial charge in [0.15, 0.2) is 0 Å². The van der Waals surface area contributed by atoms with Gasteiger partial charge in [-0.15, -0.1) is 0 Å². The van der Waals surface area contributed by atoms with Crippen LogP contribution in [0.3, 0.4) is 0 Å². The summed E-state index contributed by atoms with van der Waals surface area (Å²) in [6, 6.07) is 0. The zero-order valence-electron chi connectivity index (χ0n) is 4.92. The third-order valence-corrected chi connectivity index (χ3v) is 0.852. The van der Waals surface area contributed by atoms with Crippen molar-refractivity contribution in [3.8, 4) is 0 Å². The molecule has 0 atom stereocenters. The van der Waals surface area contributed by atoms with Crippen LogP contribution >= 0.6 is 0 Å². The van der Waals surface area contributed by atoms with E-state index in [1.54, 1.807) is 13.0 Å². The molecule has 1 N–H and O–H groups in total. The van der Waals surface area contributed by atoms with Gasteiger partial charge in [-0.2, -0.15) is 0 Å². The average molecular weight is 114 g/mol. The highest BCUT2D eigenvalue weighted by molar-refractivity contribution is 5.49. The summed E-state index contributed by atoms with van der Waals surface area (Å²) < 4.78 is 0. The quantitative estimate of drug-likeness (QED) is 0.445. The van der Waals surface area contributed by atoms with E-state index in [2.05, 4.69) is 0 Å². The number of carbonyl (C=O) groups is 1. The molecule has 0 saturated heterocycles. The number of aliphatic hydroxyl groups excluding tert-OH is 1. The van der Waals surface area contributed by atoms with Crippen molar-refractivity contribution >= 4 is 6.29 Å². The van der Waals surface area contributed by atoms with Crippen molar-refractivity contribution in [1.29, 1.82) is 0 Å². The van der Waals surface area contributed by atoms with Gasteiger partial charge in [-0.25, -0.2) is 0 Å². The van der Waals surface area contributed by atoms with E-state index in [0.29, 0.717) is 12.8 Å². The SMILES string of the molecule is C/C=C(\O)CCC=O. The Labute approximate surface area is 48.8 Å². The molecule has 2 nitrogen and oxygen atoms in total. The lowest BCUT2D eigenvalue weighted by molar-refractivity contribution is -0.107. The van der Waals surface area contributed by atoms with Crippen LogP contribution in [0.15, 0.2) is 11.8 Å². The molecule has 0 saturated carbocycles. The lowest BCUT2D eigenvalue weighted by Gasteiger charge is -1.89. The highest BCUT2D eigenvalue weighted by Crippen LogP contribution is 1.96. The minimum Gasteiger partial charge on any atom is -0.513 e. The minimum absolute atomic E-state index is 0.289. The molecular weight excluding hydrogens is 104 g/mol. The summed E-state index contributed by atoms with van der Waals surface area (Å²) in [5.41, 5.74) is 0. The highest BCUT2D eigenvalue weighted by Gasteiger charge is 1.86. The van der Waals surface area contributed by atoms with Crippen LogP contribution in [0.1, 0.15) is 19.8 Å². The molecule has 2 heteroatoms. The summed E-state index contributed by atoms with van der Waals surface area (Å²) in [6.07, 6.45) is 3.26. The Morgan fingerprint density at radius 2 is 2.38 bits per heavy atom. The van der Waals surface area contributed by atoms with E-state index < -0.39 is 0 Å². The Bertz CT molecular complexity index is 94.7. The molecule has 46 valence electrons. The molecule has 0 bridgehead atoms. The number of carbonyl (C=O) groups excluding carboxylic acids is 1. The minimum atomic E-state index is 0.289. The van der Waals surface area contributed by atoms with Crippen molar-refractivity contribution in [2.45, 2.75) is 19.8 Å². The summed E-state index contributed by atoms with van der Waals surface area (Å²) >= 11 is 0. The van der Waals surface area contributed by atoms with Crippen LogP contribution < -0.4 is 0 Å². The number of hydrogen-bond donors (Lipinski definition) is 1. The van der Waals surface area contributed by atoms with Gasteiger partial charge in [0.25, 0.3) is 0 Å². The van der Waals surface area contributed by atoms with Crippen LogP contribution in [0, 0.1) is 0 Å². The summed E-state index contributed by atoms with van der Waals surface area (Å²) in [6.45, 7) is 1.74. The van der Waals surface area contributed by atoms with Crippen molar-refractivity contribution in [1.82, 2.24) is 0 Å². The van der Waals surface area contributed by atoms with Crippen LogP contribution in [-0.4, -0.2) is 11.4 Å². The van der Waals surface area contributed by atoms with Gasteiger partial charge >= 0.3 is 0 Å². The number of aldehydes is 1. The molecule has 0 aliphatic carbocycles. The lowest BCUT2D eigenvalue weighted by atomic mass is 10.3. The van der Waals surface area contributed by atoms with Crippen LogP contribution in [-0.2, 0) is 4.79 Å². The number of rotatable bonds is 3. The molecule has 0 spiro atoms. The van der Waals surface area contributed by atoms with E-state index in [-0.39, 0.29) is 5.76 Å². The first-order chi connectivity index (χ1) is 3.81. The molecular formula is C6H10O2. The highest BCUT2D eigenvalue weighted by atomic mass is 16.3. The fraction of sp³-hybridized carbons (Fsp3) is 0.500. The van der Waals surface area contributed by atoms with Crippen LogP contribution in [0.2, 0.25) is 0 Å². The zero-order valence-corrected chi connectivity index (χ0v) is 4.92. The maximum atomic E-state index is 9.69. The predicted molar refractivity (Wildman–Crippen MR) is 31.7 cm³/mol. The predicted octanol–water partition coefficient (Wildman–Crippen LogP) is 1.43. The molecule has 0 aliphatic heterocycles. The first-order valence-electron chi connectivity index (χ1n) is 2.59. The fourth-order valence-electron chi connectivity index (χ4n) is 0.351. The Morgan fingerprint density at radius 3 is 2.75 bits per heavy atom.